The molecule has 2 aromatic heterocycles. The van der Waals surface area contributed by atoms with Crippen molar-refractivity contribution in [3.63, 3.8) is 0 Å². The molecule has 1 amide bonds. The van der Waals surface area contributed by atoms with Crippen molar-refractivity contribution in [2.24, 2.45) is 12.8 Å². The van der Waals surface area contributed by atoms with Crippen molar-refractivity contribution in [2.45, 2.75) is 6.92 Å². The summed E-state index contributed by atoms with van der Waals surface area (Å²) in [4.78, 5) is 20.8. The molecule has 27 heavy (non-hydrogen) atoms. The zero-order valence-electron chi connectivity index (χ0n) is 14.9. The fourth-order valence-corrected chi connectivity index (χ4v) is 3.85. The van der Waals surface area contributed by atoms with Crippen LogP contribution in [0.1, 0.15) is 15.9 Å². The lowest BCUT2D eigenvalue weighted by Crippen LogP contribution is -2.13. The Labute approximate surface area is 165 Å². The molecule has 0 unspecified atom stereocenters. The lowest BCUT2D eigenvalue weighted by molar-refractivity contribution is 0.0999. The molecule has 0 aliphatic heterocycles. The molecule has 0 aliphatic rings. The zero-order chi connectivity index (χ0) is 18.4. The molecule has 7 nitrogen and oxygen atoms in total. The van der Waals surface area contributed by atoms with E-state index in [2.05, 4.69) is 15.3 Å². The Bertz CT molecular complexity index is 1170. The number of nitrogens with two attached hydrogens (primary N) is 1. The van der Waals surface area contributed by atoms with Crippen LogP contribution in [0, 0.1) is 6.92 Å². The number of ether oxygens (including phenoxy) is 1. The van der Waals surface area contributed by atoms with E-state index in [1.165, 1.54) is 11.3 Å². The lowest BCUT2D eigenvalue weighted by Gasteiger charge is -2.12. The van der Waals surface area contributed by atoms with E-state index < -0.39 is 5.91 Å². The number of methoxy groups -OCH3 is 1. The van der Waals surface area contributed by atoms with Crippen molar-refractivity contribution in [2.75, 3.05) is 12.4 Å². The van der Waals surface area contributed by atoms with Gasteiger partial charge in [-0.25, -0.2) is 9.97 Å². The summed E-state index contributed by atoms with van der Waals surface area (Å²) in [5, 5.41) is 3.94. The second-order valence-corrected chi connectivity index (χ2v) is 7.04. The van der Waals surface area contributed by atoms with Crippen LogP contribution in [0.5, 0.6) is 5.75 Å². The summed E-state index contributed by atoms with van der Waals surface area (Å²) in [6, 6.07) is 7.54. The van der Waals surface area contributed by atoms with Gasteiger partial charge in [0.25, 0.3) is 0 Å². The minimum Gasteiger partial charge on any atom is -0.495 e. The molecule has 0 atom stereocenters. The van der Waals surface area contributed by atoms with Crippen molar-refractivity contribution in [3.8, 4) is 5.75 Å². The van der Waals surface area contributed by atoms with E-state index >= 15 is 0 Å². The third-order valence-corrected chi connectivity index (χ3v) is 5.24. The molecule has 0 bridgehead atoms. The van der Waals surface area contributed by atoms with Crippen LogP contribution in [0.4, 0.5) is 10.8 Å². The minimum atomic E-state index is -0.479. The molecule has 140 valence electrons. The number of thiazole rings is 1. The molecule has 0 spiro atoms. The van der Waals surface area contributed by atoms with Gasteiger partial charge >= 0.3 is 0 Å². The second kappa shape index (κ2) is 7.05. The van der Waals surface area contributed by atoms with Crippen LogP contribution in [0.3, 0.4) is 0 Å². The Morgan fingerprint density at radius 3 is 2.78 bits per heavy atom. The fourth-order valence-electron chi connectivity index (χ4n) is 2.97. The summed E-state index contributed by atoms with van der Waals surface area (Å²) in [6.07, 6.45) is 1.78. The summed E-state index contributed by atoms with van der Waals surface area (Å²) in [5.41, 5.74) is 10.0. The number of carbonyl (C=O) groups excluding carboxylic acids is 1. The number of nitrogens with one attached hydrogen (secondary N) is 1. The average Bonchev–Trinajstić information content (AvgIpc) is 3.18. The standard InChI is InChI=1S/C18H17N5O2S.ClH/c1-9-6-13(25-3)11(7-10(9)17(19)24)21-18-22-16-14(26-18)5-4-12-15(16)20-8-23(12)2;/h4-8H,1-3H3,(H2,19,24)(H,21,22);1H. The highest BCUT2D eigenvalue weighted by Crippen LogP contribution is 2.36. The summed E-state index contributed by atoms with van der Waals surface area (Å²) in [7, 11) is 3.54. The molecule has 0 radical (unpaired) electrons. The van der Waals surface area contributed by atoms with Crippen LogP contribution >= 0.6 is 23.7 Å². The van der Waals surface area contributed by atoms with E-state index in [4.69, 9.17) is 10.5 Å². The average molecular weight is 404 g/mol. The number of halogens is 1. The molecule has 9 heteroatoms. The maximum Gasteiger partial charge on any atom is 0.249 e. The Hall–Kier alpha value is -2.84. The predicted molar refractivity (Wildman–Crippen MR) is 111 cm³/mol. The van der Waals surface area contributed by atoms with Crippen LogP contribution in [-0.4, -0.2) is 27.6 Å². The van der Waals surface area contributed by atoms with E-state index in [1.54, 1.807) is 25.6 Å². The third kappa shape index (κ3) is 3.17. The Balaban J connectivity index is 0.00000210. The quantitative estimate of drug-likeness (QED) is 0.540. The number of carbonyl (C=O) groups is 1. The van der Waals surface area contributed by atoms with E-state index in [1.807, 2.05) is 30.7 Å². The number of hydrogen-bond donors (Lipinski definition) is 2. The van der Waals surface area contributed by atoms with Crippen LogP contribution in [0.2, 0.25) is 0 Å². The van der Waals surface area contributed by atoms with Crippen molar-refractivity contribution in [1.29, 1.82) is 0 Å². The molecular weight excluding hydrogens is 386 g/mol. The number of fused-ring (bicyclic) bond motifs is 3. The lowest BCUT2D eigenvalue weighted by atomic mass is 10.1. The molecule has 0 aliphatic carbocycles. The van der Waals surface area contributed by atoms with Crippen LogP contribution < -0.4 is 15.8 Å². The van der Waals surface area contributed by atoms with Crippen LogP contribution in [-0.2, 0) is 7.05 Å². The fraction of sp³-hybridized carbons (Fsp3) is 0.167. The van der Waals surface area contributed by atoms with E-state index in [0.717, 1.165) is 26.8 Å². The molecular formula is C18H18ClN5O2S. The smallest absolute Gasteiger partial charge is 0.249 e. The van der Waals surface area contributed by atoms with Gasteiger partial charge < -0.3 is 20.4 Å². The molecule has 0 saturated heterocycles. The van der Waals surface area contributed by atoms with Gasteiger partial charge in [-0.05, 0) is 36.8 Å². The van der Waals surface area contributed by atoms with Gasteiger partial charge in [-0.1, -0.05) is 11.3 Å². The zero-order valence-corrected chi connectivity index (χ0v) is 16.6. The monoisotopic (exact) mass is 403 g/mol. The Morgan fingerprint density at radius 2 is 2.07 bits per heavy atom. The molecule has 0 saturated carbocycles. The van der Waals surface area contributed by atoms with Gasteiger partial charge in [0.2, 0.25) is 5.91 Å². The first kappa shape index (κ1) is 18.9. The first-order chi connectivity index (χ1) is 12.5. The van der Waals surface area contributed by atoms with E-state index in [9.17, 15) is 4.79 Å². The number of rotatable bonds is 4. The van der Waals surface area contributed by atoms with Crippen LogP contribution in [0.25, 0.3) is 21.3 Å². The normalized spacial score (nSPS) is 10.8. The maximum absolute atomic E-state index is 11.6. The van der Waals surface area contributed by atoms with Crippen molar-refractivity contribution in [1.82, 2.24) is 14.5 Å². The third-order valence-electron chi connectivity index (χ3n) is 4.31. The number of primary amides is 1. The predicted octanol–water partition coefficient (Wildman–Crippen LogP) is 3.76. The SMILES string of the molecule is COc1cc(C)c(C(N)=O)cc1Nc1nc2c(ccc3c2ncn3C)s1.Cl. The second-order valence-electron chi connectivity index (χ2n) is 6.01. The Morgan fingerprint density at radius 1 is 1.30 bits per heavy atom. The molecule has 4 aromatic rings. The number of hydrogen-bond acceptors (Lipinski definition) is 6. The maximum atomic E-state index is 11.6. The number of amides is 1. The van der Waals surface area contributed by atoms with E-state index in [0.29, 0.717) is 22.1 Å². The van der Waals surface area contributed by atoms with Crippen molar-refractivity contribution in [3.05, 3.63) is 41.7 Å². The highest BCUT2D eigenvalue weighted by molar-refractivity contribution is 7.22. The topological polar surface area (TPSA) is 95.1 Å². The summed E-state index contributed by atoms with van der Waals surface area (Å²) < 4.78 is 8.42. The number of benzene rings is 2. The molecule has 2 aromatic carbocycles. The van der Waals surface area contributed by atoms with Gasteiger partial charge in [-0.3, -0.25) is 4.79 Å². The molecule has 2 heterocycles. The van der Waals surface area contributed by atoms with Crippen molar-refractivity contribution >= 4 is 61.7 Å². The molecule has 3 N–H and O–H groups in total. The number of aryl methyl sites for hydroxylation is 2. The van der Waals surface area contributed by atoms with E-state index in [-0.39, 0.29) is 12.4 Å². The number of anilines is 2. The van der Waals surface area contributed by atoms with Crippen LogP contribution in [0.15, 0.2) is 30.6 Å². The summed E-state index contributed by atoms with van der Waals surface area (Å²) in [6.45, 7) is 1.82. The summed E-state index contributed by atoms with van der Waals surface area (Å²) in [5.74, 6) is 0.141. The minimum absolute atomic E-state index is 0. The first-order valence-corrected chi connectivity index (χ1v) is 8.75. The van der Waals surface area contributed by atoms with Crippen molar-refractivity contribution < 1.29 is 9.53 Å². The van der Waals surface area contributed by atoms with Gasteiger partial charge in [-0.2, -0.15) is 0 Å². The summed E-state index contributed by atoms with van der Waals surface area (Å²) >= 11 is 1.51. The first-order valence-electron chi connectivity index (χ1n) is 7.94. The number of imidazole rings is 1. The van der Waals surface area contributed by atoms with Gasteiger partial charge in [0, 0.05) is 12.6 Å². The number of nitrogens with zero attached hydrogens (tertiary/aromatic N) is 3. The highest BCUT2D eigenvalue weighted by atomic mass is 35.5. The largest absolute Gasteiger partial charge is 0.495 e. The van der Waals surface area contributed by atoms with Gasteiger partial charge in [0.1, 0.15) is 16.8 Å². The van der Waals surface area contributed by atoms with Gasteiger partial charge in [0.15, 0.2) is 5.13 Å². The Kier molecular flexibility index (Phi) is 4.95. The van der Waals surface area contributed by atoms with Gasteiger partial charge in [-0.15, -0.1) is 12.4 Å². The van der Waals surface area contributed by atoms with Gasteiger partial charge in [0.05, 0.1) is 29.3 Å². The highest BCUT2D eigenvalue weighted by Gasteiger charge is 2.15. The molecule has 4 rings (SSSR count). The molecule has 0 fully saturated rings. The number of aromatic nitrogens is 3.